The number of sulfonamides is 1. The molecule has 0 saturated carbocycles. The van der Waals surface area contributed by atoms with Gasteiger partial charge in [0.15, 0.2) is 0 Å². The highest BCUT2D eigenvalue weighted by atomic mass is 32.2. The predicted octanol–water partition coefficient (Wildman–Crippen LogP) is 1.61. The summed E-state index contributed by atoms with van der Waals surface area (Å²) in [5.74, 6) is -3.05. The Labute approximate surface area is 184 Å². The molecule has 0 aromatic carbocycles. The summed E-state index contributed by atoms with van der Waals surface area (Å²) in [6.45, 7) is 7.55. The van der Waals surface area contributed by atoms with E-state index in [2.05, 4.69) is 15.4 Å². The lowest BCUT2D eigenvalue weighted by atomic mass is 9.82. The Balaban J connectivity index is 3.14. The van der Waals surface area contributed by atoms with Crippen LogP contribution in [0.4, 0.5) is 0 Å². The maximum Gasteiger partial charge on any atom is 0.247 e. The van der Waals surface area contributed by atoms with Gasteiger partial charge in [-0.3, -0.25) is 20.2 Å². The molecule has 0 aliphatic rings. The van der Waals surface area contributed by atoms with Crippen molar-refractivity contribution in [2.24, 2.45) is 23.7 Å². The van der Waals surface area contributed by atoms with Gasteiger partial charge in [0, 0.05) is 24.5 Å². The van der Waals surface area contributed by atoms with Gasteiger partial charge in [-0.25, -0.2) is 23.9 Å². The Hall–Kier alpha value is -2.37. The summed E-state index contributed by atoms with van der Waals surface area (Å²) in [6.07, 6.45) is 9.48. The molecule has 10 nitrogen and oxygen atoms in total. The third kappa shape index (κ3) is 9.53. The van der Waals surface area contributed by atoms with E-state index in [0.717, 1.165) is 16.2 Å². The lowest BCUT2D eigenvalue weighted by Crippen LogP contribution is -2.51. The summed E-state index contributed by atoms with van der Waals surface area (Å²) < 4.78 is 25.1. The maximum atomic E-state index is 13.1. The Bertz CT molecular complexity index is 843. The fourth-order valence-electron chi connectivity index (χ4n) is 3.05. The van der Waals surface area contributed by atoms with Crippen molar-refractivity contribution in [2.45, 2.75) is 40.5 Å². The Morgan fingerprint density at radius 2 is 1.71 bits per heavy atom. The highest BCUT2D eigenvalue weighted by Gasteiger charge is 2.35. The standard InChI is InChI=1S/C20H33N5O5S/c1-14(2)9-18(19(26)23-25(12-15(3)4)31(5,29)30)17(20(27)24-28)8-6-7-16-10-21-13-22-11-16/h6-7,10-11,13-15,17-18,28H,8-9,12H2,1-5H3,(H,23,26)(H,24,27)/t17-,18+/m0/s1. The summed E-state index contributed by atoms with van der Waals surface area (Å²) in [7, 11) is -3.70. The number of amides is 2. The van der Waals surface area contributed by atoms with Crippen LogP contribution in [-0.4, -0.2) is 52.6 Å². The second kappa shape index (κ2) is 12.5. The van der Waals surface area contributed by atoms with Gasteiger partial charge in [-0.05, 0) is 24.7 Å². The summed E-state index contributed by atoms with van der Waals surface area (Å²) in [5.41, 5.74) is 4.81. The van der Waals surface area contributed by atoms with E-state index >= 15 is 0 Å². The third-order valence-electron chi connectivity index (χ3n) is 4.44. The molecule has 0 aliphatic heterocycles. The highest BCUT2D eigenvalue weighted by molar-refractivity contribution is 7.88. The topological polar surface area (TPSA) is 142 Å². The summed E-state index contributed by atoms with van der Waals surface area (Å²) in [5, 5.41) is 9.23. The van der Waals surface area contributed by atoms with E-state index in [-0.39, 0.29) is 24.8 Å². The molecule has 1 rings (SSSR count). The Kier molecular flexibility index (Phi) is 10.7. The van der Waals surface area contributed by atoms with E-state index in [1.165, 1.54) is 6.33 Å². The molecule has 2 amide bonds. The van der Waals surface area contributed by atoms with Gasteiger partial charge in [0.05, 0.1) is 18.1 Å². The molecule has 174 valence electrons. The zero-order valence-corrected chi connectivity index (χ0v) is 19.5. The summed E-state index contributed by atoms with van der Waals surface area (Å²) in [6, 6.07) is 0. The average molecular weight is 456 g/mol. The number of nitrogens with zero attached hydrogens (tertiary/aromatic N) is 3. The van der Waals surface area contributed by atoms with Crippen molar-refractivity contribution in [3.05, 3.63) is 30.4 Å². The number of hydrogen-bond donors (Lipinski definition) is 3. The van der Waals surface area contributed by atoms with Crippen molar-refractivity contribution in [1.29, 1.82) is 0 Å². The zero-order valence-electron chi connectivity index (χ0n) is 18.6. The molecule has 0 saturated heterocycles. The first kappa shape index (κ1) is 26.7. The Morgan fingerprint density at radius 3 is 2.19 bits per heavy atom. The molecule has 0 unspecified atom stereocenters. The molecular weight excluding hydrogens is 422 g/mol. The van der Waals surface area contributed by atoms with Gasteiger partial charge in [-0.2, -0.15) is 0 Å². The predicted molar refractivity (Wildman–Crippen MR) is 117 cm³/mol. The molecule has 11 heteroatoms. The molecule has 3 N–H and O–H groups in total. The van der Waals surface area contributed by atoms with Gasteiger partial charge in [-0.1, -0.05) is 39.8 Å². The van der Waals surface area contributed by atoms with Crippen LogP contribution >= 0.6 is 0 Å². The molecule has 0 fully saturated rings. The van der Waals surface area contributed by atoms with Gasteiger partial charge >= 0.3 is 0 Å². The number of aromatic nitrogens is 2. The van der Waals surface area contributed by atoms with Crippen molar-refractivity contribution in [3.8, 4) is 0 Å². The van der Waals surface area contributed by atoms with Gasteiger partial charge in [0.1, 0.15) is 6.33 Å². The van der Waals surface area contributed by atoms with E-state index < -0.39 is 33.7 Å². The van der Waals surface area contributed by atoms with E-state index in [9.17, 15) is 23.2 Å². The van der Waals surface area contributed by atoms with Crippen molar-refractivity contribution in [1.82, 2.24) is 25.3 Å². The highest BCUT2D eigenvalue weighted by Crippen LogP contribution is 2.25. The Morgan fingerprint density at radius 1 is 1.10 bits per heavy atom. The quantitative estimate of drug-likeness (QED) is 0.321. The lowest BCUT2D eigenvalue weighted by molar-refractivity contribution is -0.141. The zero-order chi connectivity index (χ0) is 23.6. The van der Waals surface area contributed by atoms with Crippen LogP contribution in [0.3, 0.4) is 0 Å². The molecule has 1 aromatic heterocycles. The molecule has 31 heavy (non-hydrogen) atoms. The molecule has 0 spiro atoms. The number of nitrogens with one attached hydrogen (secondary N) is 2. The minimum atomic E-state index is -3.70. The van der Waals surface area contributed by atoms with E-state index in [1.54, 1.807) is 30.0 Å². The molecule has 2 atom stereocenters. The molecule has 0 radical (unpaired) electrons. The number of hydrogen-bond acceptors (Lipinski definition) is 7. The third-order valence-corrected chi connectivity index (χ3v) is 5.48. The minimum Gasteiger partial charge on any atom is -0.289 e. The number of rotatable bonds is 12. The summed E-state index contributed by atoms with van der Waals surface area (Å²) >= 11 is 0. The van der Waals surface area contributed by atoms with Crippen LogP contribution in [0.25, 0.3) is 6.08 Å². The normalized spacial score (nSPS) is 14.2. The minimum absolute atomic E-state index is 0.0221. The number of carbonyl (C=O) groups is 2. The van der Waals surface area contributed by atoms with Crippen LogP contribution in [0.5, 0.6) is 0 Å². The largest absolute Gasteiger partial charge is 0.289 e. The second-order valence-electron chi connectivity index (χ2n) is 8.29. The lowest BCUT2D eigenvalue weighted by Gasteiger charge is -2.29. The van der Waals surface area contributed by atoms with Crippen LogP contribution in [-0.2, 0) is 19.6 Å². The fourth-order valence-corrected chi connectivity index (χ4v) is 3.87. The van der Waals surface area contributed by atoms with Crippen LogP contribution in [0.15, 0.2) is 24.8 Å². The molecular formula is C20H33N5O5S. The fraction of sp³-hybridized carbons (Fsp3) is 0.600. The molecule has 0 bridgehead atoms. The molecule has 1 heterocycles. The monoisotopic (exact) mass is 455 g/mol. The van der Waals surface area contributed by atoms with Gasteiger partial charge in [-0.15, -0.1) is 4.41 Å². The van der Waals surface area contributed by atoms with Gasteiger partial charge < -0.3 is 0 Å². The van der Waals surface area contributed by atoms with E-state index in [1.807, 2.05) is 27.7 Å². The van der Waals surface area contributed by atoms with Crippen molar-refractivity contribution in [3.63, 3.8) is 0 Å². The van der Waals surface area contributed by atoms with Crippen molar-refractivity contribution < 1.29 is 23.2 Å². The van der Waals surface area contributed by atoms with Gasteiger partial charge in [0.2, 0.25) is 21.8 Å². The molecule has 0 aliphatic carbocycles. The van der Waals surface area contributed by atoms with Crippen molar-refractivity contribution >= 4 is 27.9 Å². The van der Waals surface area contributed by atoms with Crippen LogP contribution in [0.2, 0.25) is 0 Å². The first-order chi connectivity index (χ1) is 14.5. The van der Waals surface area contributed by atoms with Crippen LogP contribution < -0.4 is 10.9 Å². The maximum absolute atomic E-state index is 13.1. The first-order valence-electron chi connectivity index (χ1n) is 10.1. The molecule has 1 aromatic rings. The number of allylic oxidation sites excluding steroid dienone is 1. The number of carbonyl (C=O) groups excluding carboxylic acids is 2. The number of hydrazine groups is 1. The smallest absolute Gasteiger partial charge is 0.247 e. The van der Waals surface area contributed by atoms with Crippen LogP contribution in [0.1, 0.15) is 46.1 Å². The van der Waals surface area contributed by atoms with E-state index in [4.69, 9.17) is 0 Å². The summed E-state index contributed by atoms with van der Waals surface area (Å²) in [4.78, 5) is 33.3. The SMILES string of the molecule is CC(C)C[C@@H](C(=O)NN(CC(C)C)S(C)(=O)=O)[C@H](CC=Cc1cncnc1)C(=O)NO. The first-order valence-corrected chi connectivity index (χ1v) is 11.9. The van der Waals surface area contributed by atoms with Crippen molar-refractivity contribution in [2.75, 3.05) is 12.8 Å². The average Bonchev–Trinajstić information content (AvgIpc) is 2.68. The van der Waals surface area contributed by atoms with E-state index in [0.29, 0.717) is 6.42 Å². The van der Waals surface area contributed by atoms with Crippen LogP contribution in [0, 0.1) is 23.7 Å². The number of hydroxylamine groups is 1. The second-order valence-corrected chi connectivity index (χ2v) is 10.2. The van der Waals surface area contributed by atoms with Gasteiger partial charge in [0.25, 0.3) is 0 Å².